The average molecular weight is 367 g/mol. The maximum absolute atomic E-state index is 13.1. The zero-order valence-corrected chi connectivity index (χ0v) is 14.1. The summed E-state index contributed by atoms with van der Waals surface area (Å²) in [7, 11) is 1.47. The lowest BCUT2D eigenvalue weighted by Crippen LogP contribution is -2.42. The molecule has 6 nitrogen and oxygen atoms in total. The van der Waals surface area contributed by atoms with Crippen LogP contribution in [-0.4, -0.2) is 36.5 Å². The Morgan fingerprint density at radius 2 is 1.92 bits per heavy atom. The number of hydrogen-bond acceptors (Lipinski definition) is 4. The first-order valence-corrected chi connectivity index (χ1v) is 7.76. The van der Waals surface area contributed by atoms with Crippen LogP contribution in [0.2, 0.25) is 5.02 Å². The Bertz CT molecular complexity index is 820. The van der Waals surface area contributed by atoms with E-state index in [-0.39, 0.29) is 23.7 Å². The smallest absolute Gasteiger partial charge is 0.251 e. The van der Waals surface area contributed by atoms with Crippen LogP contribution < -0.4 is 10.9 Å². The Morgan fingerprint density at radius 1 is 1.24 bits per heavy atom. The second-order valence-corrected chi connectivity index (χ2v) is 5.59. The molecule has 0 radical (unpaired) electrons. The number of methoxy groups -OCH3 is 1. The molecular weight excluding hydrogens is 351 g/mol. The van der Waals surface area contributed by atoms with E-state index in [1.807, 2.05) is 0 Å². The number of ether oxygens (including phenoxy) is 1. The molecule has 0 saturated carbocycles. The number of hydrogen-bond donors (Lipinski definition) is 1. The fraction of sp³-hybridized carbons (Fsp3) is 0.235. The third-order valence-corrected chi connectivity index (χ3v) is 3.63. The molecule has 0 saturated heterocycles. The predicted octanol–water partition coefficient (Wildman–Crippen LogP) is 1.83. The van der Waals surface area contributed by atoms with Crippen molar-refractivity contribution in [3.63, 3.8) is 0 Å². The van der Waals surface area contributed by atoms with Gasteiger partial charge in [-0.25, -0.2) is 4.39 Å². The Hall–Kier alpha value is -2.51. The number of halogens is 2. The largest absolute Gasteiger partial charge is 0.383 e. The Labute approximate surface area is 148 Å². The van der Waals surface area contributed by atoms with Gasteiger partial charge in [0.1, 0.15) is 5.82 Å². The fourth-order valence-corrected chi connectivity index (χ4v) is 2.36. The molecule has 0 aliphatic carbocycles. The molecule has 1 aromatic carbocycles. The number of benzene rings is 1. The predicted molar refractivity (Wildman–Crippen MR) is 90.4 cm³/mol. The maximum atomic E-state index is 13.1. The molecule has 0 fully saturated rings. The maximum Gasteiger partial charge on any atom is 0.251 e. The summed E-state index contributed by atoms with van der Waals surface area (Å²) in [4.78, 5) is 37.4. The van der Waals surface area contributed by atoms with Crippen LogP contribution in [0.4, 0.5) is 4.39 Å². The molecule has 0 bridgehead atoms. The Balaban J connectivity index is 2.42. The number of pyridine rings is 1. The van der Waals surface area contributed by atoms with Gasteiger partial charge >= 0.3 is 0 Å². The molecule has 2 aromatic rings. The summed E-state index contributed by atoms with van der Waals surface area (Å²) in [5.41, 5.74) is -0.466. The molecule has 132 valence electrons. The van der Waals surface area contributed by atoms with E-state index in [1.54, 1.807) is 0 Å². The molecule has 1 aromatic heterocycles. The third kappa shape index (κ3) is 4.74. The van der Waals surface area contributed by atoms with E-state index in [9.17, 15) is 18.8 Å². The lowest BCUT2D eigenvalue weighted by atomic mass is 10.0. The van der Waals surface area contributed by atoms with Crippen molar-refractivity contribution in [1.29, 1.82) is 0 Å². The first kappa shape index (κ1) is 18.8. The van der Waals surface area contributed by atoms with Gasteiger partial charge < -0.3 is 10.1 Å². The van der Waals surface area contributed by atoms with Crippen LogP contribution in [0.15, 0.2) is 47.4 Å². The lowest BCUT2D eigenvalue weighted by molar-refractivity contribution is -0.123. The lowest BCUT2D eigenvalue weighted by Gasteiger charge is -2.18. The number of rotatable bonds is 7. The summed E-state index contributed by atoms with van der Waals surface area (Å²) in [5, 5.41) is 2.72. The van der Waals surface area contributed by atoms with Crippen LogP contribution in [0.5, 0.6) is 0 Å². The van der Waals surface area contributed by atoms with Crippen molar-refractivity contribution in [2.45, 2.75) is 6.04 Å². The number of Topliss-reactive ketones (excluding diaryl/α,β-unsaturated/α-hetero) is 1. The van der Waals surface area contributed by atoms with Gasteiger partial charge in [-0.15, -0.1) is 0 Å². The first-order chi connectivity index (χ1) is 11.9. The average Bonchev–Trinajstić information content (AvgIpc) is 2.59. The van der Waals surface area contributed by atoms with Gasteiger partial charge in [0, 0.05) is 31.5 Å². The highest BCUT2D eigenvalue weighted by Crippen LogP contribution is 2.16. The summed E-state index contributed by atoms with van der Waals surface area (Å²) in [6.45, 7) is 0.408. The van der Waals surface area contributed by atoms with Crippen molar-refractivity contribution < 1.29 is 18.7 Å². The second kappa shape index (κ2) is 8.55. The number of carbonyl (C=O) groups is 2. The van der Waals surface area contributed by atoms with E-state index < -0.39 is 29.1 Å². The van der Waals surface area contributed by atoms with E-state index in [2.05, 4.69) is 5.32 Å². The quantitative estimate of drug-likeness (QED) is 0.460. The molecule has 2 rings (SSSR count). The van der Waals surface area contributed by atoms with Crippen LogP contribution in [0.25, 0.3) is 0 Å². The molecule has 0 aliphatic rings. The van der Waals surface area contributed by atoms with Gasteiger partial charge in [0.25, 0.3) is 11.5 Å². The molecule has 0 aliphatic heterocycles. The molecular formula is C17H16ClFN2O4. The number of amides is 1. The van der Waals surface area contributed by atoms with E-state index >= 15 is 0 Å². The van der Waals surface area contributed by atoms with Crippen molar-refractivity contribution in [2.24, 2.45) is 0 Å². The van der Waals surface area contributed by atoms with Gasteiger partial charge in [0.2, 0.25) is 0 Å². The molecule has 1 amide bonds. The van der Waals surface area contributed by atoms with Crippen LogP contribution in [0, 0.1) is 5.82 Å². The van der Waals surface area contributed by atoms with Gasteiger partial charge in [-0.05, 0) is 30.3 Å². The molecule has 0 unspecified atom stereocenters. The molecule has 1 atom stereocenters. The highest BCUT2D eigenvalue weighted by atomic mass is 35.5. The number of nitrogens with one attached hydrogen (secondary N) is 1. The monoisotopic (exact) mass is 366 g/mol. The molecule has 25 heavy (non-hydrogen) atoms. The zero-order valence-electron chi connectivity index (χ0n) is 13.4. The molecule has 1 N–H and O–H groups in total. The van der Waals surface area contributed by atoms with Gasteiger partial charge in [-0.3, -0.25) is 19.0 Å². The summed E-state index contributed by atoms with van der Waals surface area (Å²) >= 11 is 5.89. The van der Waals surface area contributed by atoms with Crippen molar-refractivity contribution in [1.82, 2.24) is 9.88 Å². The van der Waals surface area contributed by atoms with Gasteiger partial charge in [0.15, 0.2) is 11.8 Å². The van der Waals surface area contributed by atoms with Crippen LogP contribution in [0.3, 0.4) is 0 Å². The third-order valence-electron chi connectivity index (χ3n) is 3.41. The topological polar surface area (TPSA) is 77.4 Å². The van der Waals surface area contributed by atoms with E-state index in [4.69, 9.17) is 16.3 Å². The van der Waals surface area contributed by atoms with Crippen molar-refractivity contribution in [3.05, 3.63) is 69.4 Å². The Kier molecular flexibility index (Phi) is 6.44. The van der Waals surface area contributed by atoms with Crippen LogP contribution in [-0.2, 0) is 9.53 Å². The van der Waals surface area contributed by atoms with Crippen LogP contribution >= 0.6 is 11.6 Å². The van der Waals surface area contributed by atoms with Crippen molar-refractivity contribution >= 4 is 23.3 Å². The molecule has 0 spiro atoms. The zero-order chi connectivity index (χ0) is 18.4. The minimum Gasteiger partial charge on any atom is -0.383 e. The van der Waals surface area contributed by atoms with E-state index in [0.29, 0.717) is 0 Å². The van der Waals surface area contributed by atoms with Gasteiger partial charge in [-0.1, -0.05) is 11.6 Å². The number of ketones is 1. The molecule has 1 heterocycles. The number of carbonyl (C=O) groups excluding carboxylic acids is 2. The van der Waals surface area contributed by atoms with Crippen molar-refractivity contribution in [3.8, 4) is 0 Å². The number of aromatic nitrogens is 1. The summed E-state index contributed by atoms with van der Waals surface area (Å²) in [6.07, 6.45) is 1.21. The fourth-order valence-electron chi connectivity index (χ4n) is 2.19. The number of nitrogens with zero attached hydrogens (tertiary/aromatic N) is 1. The summed E-state index contributed by atoms with van der Waals surface area (Å²) < 4.78 is 18.9. The second-order valence-electron chi connectivity index (χ2n) is 5.15. The SMILES string of the molecule is COCCNC(=O)[C@@H](C(=O)c1ccc(F)cc1)n1cc(Cl)ccc1=O. The van der Waals surface area contributed by atoms with Crippen LogP contribution in [0.1, 0.15) is 16.4 Å². The normalized spacial score (nSPS) is 11.8. The first-order valence-electron chi connectivity index (χ1n) is 7.38. The van der Waals surface area contributed by atoms with Crippen molar-refractivity contribution in [2.75, 3.05) is 20.3 Å². The highest BCUT2D eigenvalue weighted by Gasteiger charge is 2.30. The van der Waals surface area contributed by atoms with Gasteiger partial charge in [-0.2, -0.15) is 0 Å². The standard InChI is InChI=1S/C17H16ClFN2O4/c1-25-9-8-20-17(24)15(21-10-12(18)4-7-14(21)22)16(23)11-2-5-13(19)6-3-11/h2-7,10,15H,8-9H2,1H3,(H,20,24)/t15-/m1/s1. The van der Waals surface area contributed by atoms with E-state index in [0.717, 1.165) is 22.8 Å². The highest BCUT2D eigenvalue weighted by molar-refractivity contribution is 6.30. The summed E-state index contributed by atoms with van der Waals surface area (Å²) in [6, 6.07) is 5.78. The summed E-state index contributed by atoms with van der Waals surface area (Å²) in [5.74, 6) is -1.85. The minimum atomic E-state index is -1.46. The van der Waals surface area contributed by atoms with Gasteiger partial charge in [0.05, 0.1) is 11.6 Å². The Morgan fingerprint density at radius 3 is 2.56 bits per heavy atom. The molecule has 8 heteroatoms. The minimum absolute atomic E-state index is 0.0974. The van der Waals surface area contributed by atoms with E-state index in [1.165, 1.54) is 31.5 Å².